The van der Waals surface area contributed by atoms with Crippen LogP contribution in [0.2, 0.25) is 0 Å². The number of carbonyl (C=O) groups excluding carboxylic acids is 2. The number of likely N-dealkylation sites (N-methyl/N-ethyl adjacent to an activating group) is 1. The van der Waals surface area contributed by atoms with Gasteiger partial charge in [-0.3, -0.25) is 19.4 Å². The number of carbonyl (C=O) groups is 2. The molecule has 0 radical (unpaired) electrons. The van der Waals surface area contributed by atoms with Crippen LogP contribution in [0.5, 0.6) is 0 Å². The quantitative estimate of drug-likeness (QED) is 0.398. The van der Waals surface area contributed by atoms with Crippen molar-refractivity contribution >= 4 is 11.7 Å². The fourth-order valence-electron chi connectivity index (χ4n) is 11.3. The Labute approximate surface area is 292 Å². The van der Waals surface area contributed by atoms with E-state index in [2.05, 4.69) is 69.3 Å². The third-order valence-electron chi connectivity index (χ3n) is 14.0. The molecule has 3 saturated carbocycles. The molecule has 1 amide bonds. The summed E-state index contributed by atoms with van der Waals surface area (Å²) in [5.74, 6) is 0.288. The lowest BCUT2D eigenvalue weighted by Crippen LogP contribution is -2.74. The second-order valence-corrected chi connectivity index (χ2v) is 16.7. The van der Waals surface area contributed by atoms with Gasteiger partial charge in [0.1, 0.15) is 6.17 Å². The largest absolute Gasteiger partial charge is 0.369 e. The van der Waals surface area contributed by atoms with Crippen LogP contribution in [0.15, 0.2) is 42.1 Å². The number of nitrogens with one attached hydrogen (secondary N) is 1. The predicted molar refractivity (Wildman–Crippen MR) is 188 cm³/mol. The molecule has 1 aromatic carbocycles. The number of Topliss-reactive ketones (excluding diaryl/α,β-unsaturated/α-hetero) is 1. The first-order valence-electron chi connectivity index (χ1n) is 19.7. The van der Waals surface area contributed by atoms with E-state index in [-0.39, 0.29) is 47.9 Å². The lowest BCUT2D eigenvalue weighted by atomic mass is 9.64. The Morgan fingerprint density at radius 1 is 0.980 bits per heavy atom. The zero-order valence-electron chi connectivity index (χ0n) is 29.7. The van der Waals surface area contributed by atoms with Crippen LogP contribution in [0.25, 0.3) is 0 Å². The van der Waals surface area contributed by atoms with E-state index in [1.807, 2.05) is 6.20 Å². The molecule has 4 heterocycles. The second kappa shape index (κ2) is 14.4. The highest BCUT2D eigenvalue weighted by Crippen LogP contribution is 2.51. The molecule has 8 rings (SSSR count). The third kappa shape index (κ3) is 6.62. The normalized spacial score (nSPS) is 38.5. The summed E-state index contributed by atoms with van der Waals surface area (Å²) in [6.07, 6.45) is 12.8. The van der Waals surface area contributed by atoms with Gasteiger partial charge >= 0.3 is 0 Å². The minimum Gasteiger partial charge on any atom is -0.369 e. The van der Waals surface area contributed by atoms with Gasteiger partial charge in [0, 0.05) is 37.3 Å². The van der Waals surface area contributed by atoms with Gasteiger partial charge in [0.25, 0.3) is 5.91 Å². The van der Waals surface area contributed by atoms with Crippen LogP contribution in [0, 0.1) is 17.8 Å². The van der Waals surface area contributed by atoms with E-state index >= 15 is 4.39 Å². The molecule has 268 valence electrons. The van der Waals surface area contributed by atoms with Crippen molar-refractivity contribution < 1.29 is 18.7 Å². The molecular weight excluding hydrogens is 617 g/mol. The smallest absolute Gasteiger partial charge is 0.256 e. The molecule has 4 aliphatic heterocycles. The number of amides is 1. The minimum atomic E-state index is -1.19. The van der Waals surface area contributed by atoms with Gasteiger partial charge in [-0.25, -0.2) is 4.39 Å². The minimum absolute atomic E-state index is 0.00170. The maximum Gasteiger partial charge on any atom is 0.256 e. The van der Waals surface area contributed by atoms with Crippen molar-refractivity contribution in [2.75, 3.05) is 40.3 Å². The summed E-state index contributed by atoms with van der Waals surface area (Å²) in [5, 5.41) is 3.10. The van der Waals surface area contributed by atoms with E-state index in [9.17, 15) is 9.59 Å². The first-order valence-corrected chi connectivity index (χ1v) is 19.7. The van der Waals surface area contributed by atoms with Gasteiger partial charge in [0.2, 0.25) is 0 Å². The highest BCUT2D eigenvalue weighted by molar-refractivity contribution is 6.20. The molecule has 49 heavy (non-hydrogen) atoms. The molecule has 9 heteroatoms. The number of hydrogen-bond donors (Lipinski definition) is 1. The molecule has 10 unspecified atom stereocenters. The number of morpholine rings is 1. The average Bonchev–Trinajstić information content (AvgIpc) is 3.53. The highest BCUT2D eigenvalue weighted by atomic mass is 19.1. The van der Waals surface area contributed by atoms with Crippen molar-refractivity contribution in [3.63, 3.8) is 0 Å². The molecule has 6 fully saturated rings. The summed E-state index contributed by atoms with van der Waals surface area (Å²) in [4.78, 5) is 37.5. The van der Waals surface area contributed by atoms with E-state index in [4.69, 9.17) is 4.74 Å². The van der Waals surface area contributed by atoms with Gasteiger partial charge < -0.3 is 19.9 Å². The molecular formula is C40H58FN5O3. The first kappa shape index (κ1) is 33.8. The zero-order chi connectivity index (χ0) is 33.6. The number of alkyl halides is 1. The van der Waals surface area contributed by atoms with Gasteiger partial charge in [-0.1, -0.05) is 56.0 Å². The lowest BCUT2D eigenvalue weighted by Gasteiger charge is -2.62. The van der Waals surface area contributed by atoms with Gasteiger partial charge in [0.15, 0.2) is 5.78 Å². The summed E-state index contributed by atoms with van der Waals surface area (Å²) in [7, 11) is 4.25. The number of nitrogens with zero attached hydrogens (tertiary/aromatic N) is 4. The summed E-state index contributed by atoms with van der Waals surface area (Å²) >= 11 is 0. The molecule has 0 spiro atoms. The SMILES string of the molecule is CN1CCCC1CCNC(=O)C1=CN2C3CC4CCCCC4CC3OC3C(N(C)C4CCN(Cc5ccccc5)CC4)C(F)CC(C1=O)C32. The van der Waals surface area contributed by atoms with Crippen LogP contribution in [0.4, 0.5) is 4.39 Å². The fourth-order valence-corrected chi connectivity index (χ4v) is 11.3. The number of rotatable bonds is 8. The van der Waals surface area contributed by atoms with Crippen LogP contribution >= 0.6 is 0 Å². The molecule has 0 bridgehead atoms. The number of hydrogen-bond acceptors (Lipinski definition) is 7. The first-order chi connectivity index (χ1) is 23.9. The molecule has 8 nitrogen and oxygen atoms in total. The van der Waals surface area contributed by atoms with Crippen molar-refractivity contribution in [3.05, 3.63) is 47.7 Å². The summed E-state index contributed by atoms with van der Waals surface area (Å²) in [5.41, 5.74) is 1.56. The predicted octanol–water partition coefficient (Wildman–Crippen LogP) is 4.78. The van der Waals surface area contributed by atoms with Crippen LogP contribution in [-0.2, 0) is 20.9 Å². The number of likely N-dealkylation sites (tertiary alicyclic amines) is 2. The van der Waals surface area contributed by atoms with Crippen molar-refractivity contribution in [1.29, 1.82) is 0 Å². The third-order valence-corrected chi connectivity index (χ3v) is 14.0. The number of ketones is 1. The van der Waals surface area contributed by atoms with Gasteiger partial charge in [-0.15, -0.1) is 0 Å². The summed E-state index contributed by atoms with van der Waals surface area (Å²) in [6.45, 7) is 4.58. The van der Waals surface area contributed by atoms with Crippen LogP contribution in [0.1, 0.15) is 82.6 Å². The number of piperidine rings is 1. The number of benzene rings is 1. The Bertz CT molecular complexity index is 1370. The monoisotopic (exact) mass is 675 g/mol. The molecule has 3 aliphatic carbocycles. The van der Waals surface area contributed by atoms with Gasteiger partial charge in [-0.05, 0) is 102 Å². The number of ether oxygens (including phenoxy) is 1. The standard InChI is InChI=1S/C40H58FN5O3/c1-43-18-8-13-29(43)14-17-42-40(48)32-25-46-34-21-27-11-6-7-12-28(27)22-35(34)49-39-36(46)31(38(32)47)23-33(41)37(39)44(2)30-15-19-45(20-16-30)24-26-9-4-3-5-10-26/h3-5,9-10,25,27-31,33-37,39H,6-8,11-24H2,1-2H3,(H,42,48). The molecule has 0 aromatic heterocycles. The average molecular weight is 676 g/mol. The topological polar surface area (TPSA) is 68.4 Å². The Morgan fingerprint density at radius 2 is 1.73 bits per heavy atom. The molecule has 1 aromatic rings. The maximum atomic E-state index is 16.8. The van der Waals surface area contributed by atoms with E-state index < -0.39 is 24.2 Å². The summed E-state index contributed by atoms with van der Waals surface area (Å²) in [6, 6.07) is 10.9. The summed E-state index contributed by atoms with van der Waals surface area (Å²) < 4.78 is 23.9. The Morgan fingerprint density at radius 3 is 2.47 bits per heavy atom. The number of halogens is 1. The van der Waals surface area contributed by atoms with E-state index in [0.717, 1.165) is 64.7 Å². The van der Waals surface area contributed by atoms with Crippen molar-refractivity contribution in [3.8, 4) is 0 Å². The molecule has 10 atom stereocenters. The van der Waals surface area contributed by atoms with E-state index in [1.165, 1.54) is 37.7 Å². The van der Waals surface area contributed by atoms with E-state index in [0.29, 0.717) is 24.4 Å². The van der Waals surface area contributed by atoms with Crippen molar-refractivity contribution in [1.82, 2.24) is 24.9 Å². The lowest BCUT2D eigenvalue weighted by molar-refractivity contribution is -0.222. The molecule has 7 aliphatic rings. The number of fused-ring (bicyclic) bond motifs is 3. The van der Waals surface area contributed by atoms with Gasteiger partial charge in [0.05, 0.1) is 35.9 Å². The fraction of sp³-hybridized carbons (Fsp3) is 0.750. The highest BCUT2D eigenvalue weighted by Gasteiger charge is 2.60. The van der Waals surface area contributed by atoms with Crippen molar-refractivity contribution in [2.45, 2.75) is 132 Å². The Kier molecular flexibility index (Phi) is 9.90. The molecule has 3 saturated heterocycles. The Balaban J connectivity index is 1.02. The Hall–Kier alpha value is -2.33. The van der Waals surface area contributed by atoms with E-state index in [1.54, 1.807) is 0 Å². The molecule has 1 N–H and O–H groups in total. The maximum absolute atomic E-state index is 16.8. The second-order valence-electron chi connectivity index (χ2n) is 16.7. The van der Waals surface area contributed by atoms with Crippen molar-refractivity contribution in [2.24, 2.45) is 17.8 Å². The zero-order valence-corrected chi connectivity index (χ0v) is 29.7. The van der Waals surface area contributed by atoms with Crippen LogP contribution in [-0.4, -0.2) is 120 Å². The van der Waals surface area contributed by atoms with Crippen LogP contribution in [0.3, 0.4) is 0 Å². The van der Waals surface area contributed by atoms with Gasteiger partial charge in [-0.2, -0.15) is 0 Å². The van der Waals surface area contributed by atoms with Crippen LogP contribution < -0.4 is 5.32 Å².